The number of carbonyl (C=O) groups excluding carboxylic acids is 2. The van der Waals surface area contributed by atoms with Crippen molar-refractivity contribution in [3.63, 3.8) is 0 Å². The monoisotopic (exact) mass is 276 g/mol. The number of amides is 2. The highest BCUT2D eigenvalue weighted by atomic mass is 16.2. The van der Waals surface area contributed by atoms with E-state index in [4.69, 9.17) is 0 Å². The minimum atomic E-state index is -0.576. The van der Waals surface area contributed by atoms with Crippen LogP contribution in [0, 0.1) is 0 Å². The van der Waals surface area contributed by atoms with Crippen molar-refractivity contribution in [3.8, 4) is 0 Å². The molecule has 1 spiro atoms. The molecule has 3 rings (SSSR count). The predicted octanol–water partition coefficient (Wildman–Crippen LogP) is 2.15. The summed E-state index contributed by atoms with van der Waals surface area (Å²) in [4.78, 5) is 26.8. The third kappa shape index (κ3) is 2.25. The molecular weight excluding hydrogens is 252 g/mol. The van der Waals surface area contributed by atoms with Crippen LogP contribution in [0.15, 0.2) is 11.6 Å². The van der Waals surface area contributed by atoms with Crippen LogP contribution in [0.3, 0.4) is 0 Å². The Kier molecular flexibility index (Phi) is 3.57. The average molecular weight is 276 g/mol. The summed E-state index contributed by atoms with van der Waals surface area (Å²) < 4.78 is 0. The smallest absolute Gasteiger partial charge is 0.249 e. The van der Waals surface area contributed by atoms with Gasteiger partial charge in [-0.25, -0.2) is 0 Å². The summed E-state index contributed by atoms with van der Waals surface area (Å²) in [6, 6.07) is -0.323. The van der Waals surface area contributed by atoms with Crippen molar-refractivity contribution in [3.05, 3.63) is 11.6 Å². The zero-order valence-electron chi connectivity index (χ0n) is 12.3. The van der Waals surface area contributed by atoms with Crippen LogP contribution in [-0.4, -0.2) is 34.8 Å². The largest absolute Gasteiger partial charge is 0.340 e. The molecule has 20 heavy (non-hydrogen) atoms. The van der Waals surface area contributed by atoms with E-state index in [1.165, 1.54) is 18.4 Å². The predicted molar refractivity (Wildman–Crippen MR) is 77.1 cm³/mol. The van der Waals surface area contributed by atoms with E-state index in [1.54, 1.807) is 0 Å². The Hall–Kier alpha value is -1.32. The van der Waals surface area contributed by atoms with E-state index >= 15 is 0 Å². The molecule has 2 amide bonds. The Balaban J connectivity index is 1.72. The van der Waals surface area contributed by atoms with Gasteiger partial charge < -0.3 is 10.2 Å². The lowest BCUT2D eigenvalue weighted by Gasteiger charge is -2.43. The van der Waals surface area contributed by atoms with Gasteiger partial charge in [-0.1, -0.05) is 24.5 Å². The lowest BCUT2D eigenvalue weighted by Crippen LogP contribution is -2.68. The molecule has 0 aromatic rings. The van der Waals surface area contributed by atoms with Gasteiger partial charge in [0.15, 0.2) is 0 Å². The van der Waals surface area contributed by atoms with E-state index in [0.29, 0.717) is 6.54 Å². The molecular formula is C16H24N2O2. The summed E-state index contributed by atoms with van der Waals surface area (Å²) in [5, 5.41) is 3.00. The summed E-state index contributed by atoms with van der Waals surface area (Å²) in [5.74, 6) is 0.174. The average Bonchev–Trinajstić information content (AvgIpc) is 3.09. The minimum Gasteiger partial charge on any atom is -0.340 e. The molecule has 0 aromatic carbocycles. The first kappa shape index (κ1) is 13.7. The van der Waals surface area contributed by atoms with Crippen LogP contribution in [0.2, 0.25) is 0 Å². The molecule has 2 fully saturated rings. The van der Waals surface area contributed by atoms with Crippen LogP contribution in [-0.2, 0) is 9.59 Å². The van der Waals surface area contributed by atoms with E-state index in [1.807, 2.05) is 11.8 Å². The minimum absolute atomic E-state index is 0.0203. The van der Waals surface area contributed by atoms with Crippen molar-refractivity contribution < 1.29 is 9.59 Å². The maximum atomic E-state index is 12.8. The molecule has 1 N–H and O–H groups in total. The number of rotatable bonds is 3. The van der Waals surface area contributed by atoms with E-state index in [0.717, 1.165) is 38.5 Å². The lowest BCUT2D eigenvalue weighted by atomic mass is 9.90. The van der Waals surface area contributed by atoms with E-state index in [-0.39, 0.29) is 17.9 Å². The number of nitrogens with one attached hydrogen (secondary N) is 1. The van der Waals surface area contributed by atoms with Gasteiger partial charge in [0.25, 0.3) is 0 Å². The second-order valence-electron chi connectivity index (χ2n) is 6.46. The molecule has 1 unspecified atom stereocenters. The number of allylic oxidation sites excluding steroid dienone is 1. The van der Waals surface area contributed by atoms with Gasteiger partial charge in [-0.05, 0) is 45.4 Å². The summed E-state index contributed by atoms with van der Waals surface area (Å²) in [6.07, 6.45) is 10.5. The zero-order chi connectivity index (χ0) is 14.2. The first-order valence-corrected chi connectivity index (χ1v) is 7.93. The lowest BCUT2D eigenvalue weighted by molar-refractivity contribution is -0.154. The van der Waals surface area contributed by atoms with Crippen molar-refractivity contribution in [2.45, 2.75) is 69.9 Å². The Morgan fingerprint density at radius 3 is 2.70 bits per heavy atom. The van der Waals surface area contributed by atoms with E-state index < -0.39 is 5.54 Å². The van der Waals surface area contributed by atoms with Gasteiger partial charge in [-0.15, -0.1) is 0 Å². The van der Waals surface area contributed by atoms with Gasteiger partial charge >= 0.3 is 0 Å². The second-order valence-corrected chi connectivity index (χ2v) is 6.46. The number of piperazine rings is 1. The van der Waals surface area contributed by atoms with Crippen molar-refractivity contribution in [2.75, 3.05) is 6.54 Å². The molecule has 3 aliphatic rings. The molecule has 1 saturated heterocycles. The fourth-order valence-electron chi connectivity index (χ4n) is 3.83. The molecule has 4 heteroatoms. The van der Waals surface area contributed by atoms with Gasteiger partial charge in [0.05, 0.1) is 0 Å². The van der Waals surface area contributed by atoms with Crippen LogP contribution in [0.1, 0.15) is 58.3 Å². The standard InChI is InChI=1S/C16H24N2O2/c1-12-14(19)17-16(9-4-5-10-16)15(20)18(12)11-8-13-6-2-3-7-13/h6,12H,2-5,7-11H2,1H3,(H,17,19). The topological polar surface area (TPSA) is 49.4 Å². The van der Waals surface area contributed by atoms with Crippen LogP contribution < -0.4 is 5.32 Å². The van der Waals surface area contributed by atoms with Crippen molar-refractivity contribution >= 4 is 11.8 Å². The van der Waals surface area contributed by atoms with Crippen LogP contribution in [0.25, 0.3) is 0 Å². The van der Waals surface area contributed by atoms with Crippen LogP contribution >= 0.6 is 0 Å². The fraction of sp³-hybridized carbons (Fsp3) is 0.750. The number of carbonyl (C=O) groups is 2. The van der Waals surface area contributed by atoms with Crippen LogP contribution in [0.4, 0.5) is 0 Å². The van der Waals surface area contributed by atoms with Gasteiger partial charge in [-0.3, -0.25) is 9.59 Å². The zero-order valence-corrected chi connectivity index (χ0v) is 12.3. The number of hydrogen-bond donors (Lipinski definition) is 1. The molecule has 1 aliphatic heterocycles. The van der Waals surface area contributed by atoms with Crippen molar-refractivity contribution in [1.29, 1.82) is 0 Å². The Morgan fingerprint density at radius 1 is 1.30 bits per heavy atom. The maximum Gasteiger partial charge on any atom is 0.249 e. The molecule has 1 saturated carbocycles. The number of nitrogens with zero attached hydrogens (tertiary/aromatic N) is 1. The third-order valence-electron chi connectivity index (χ3n) is 5.15. The molecule has 1 atom stereocenters. The van der Waals surface area contributed by atoms with Gasteiger partial charge in [0, 0.05) is 6.54 Å². The molecule has 0 aromatic heterocycles. The van der Waals surface area contributed by atoms with E-state index in [9.17, 15) is 9.59 Å². The highest BCUT2D eigenvalue weighted by Gasteiger charge is 2.50. The quantitative estimate of drug-likeness (QED) is 0.803. The SMILES string of the molecule is CC1C(=O)NC2(CCCC2)C(=O)N1CCC1=CCCC1. The van der Waals surface area contributed by atoms with Gasteiger partial charge in [0.1, 0.15) is 11.6 Å². The van der Waals surface area contributed by atoms with Crippen molar-refractivity contribution in [1.82, 2.24) is 10.2 Å². The van der Waals surface area contributed by atoms with Gasteiger partial charge in [-0.2, -0.15) is 0 Å². The normalized spacial score (nSPS) is 28.9. The highest BCUT2D eigenvalue weighted by Crippen LogP contribution is 2.35. The Morgan fingerprint density at radius 2 is 2.05 bits per heavy atom. The Bertz CT molecular complexity index is 449. The summed E-state index contributed by atoms with van der Waals surface area (Å²) in [7, 11) is 0. The maximum absolute atomic E-state index is 12.8. The van der Waals surface area contributed by atoms with Gasteiger partial charge in [0.2, 0.25) is 11.8 Å². The summed E-state index contributed by atoms with van der Waals surface area (Å²) >= 11 is 0. The first-order valence-electron chi connectivity index (χ1n) is 7.93. The number of hydrogen-bond acceptors (Lipinski definition) is 2. The van der Waals surface area contributed by atoms with Crippen LogP contribution in [0.5, 0.6) is 0 Å². The van der Waals surface area contributed by atoms with Crippen molar-refractivity contribution in [2.24, 2.45) is 0 Å². The molecule has 1 heterocycles. The molecule has 2 aliphatic carbocycles. The molecule has 0 radical (unpaired) electrons. The molecule has 0 bridgehead atoms. The third-order valence-corrected chi connectivity index (χ3v) is 5.15. The molecule has 110 valence electrons. The second kappa shape index (κ2) is 5.23. The van der Waals surface area contributed by atoms with E-state index in [2.05, 4.69) is 11.4 Å². The first-order chi connectivity index (χ1) is 9.62. The fourth-order valence-corrected chi connectivity index (χ4v) is 3.83. The summed E-state index contributed by atoms with van der Waals surface area (Å²) in [5.41, 5.74) is 0.879. The summed E-state index contributed by atoms with van der Waals surface area (Å²) in [6.45, 7) is 2.54. The molecule has 4 nitrogen and oxygen atoms in total. The highest BCUT2D eigenvalue weighted by molar-refractivity contribution is 5.99. The Labute approximate surface area is 120 Å².